The molecule has 0 unspecified atom stereocenters. The number of benzene rings is 1. The number of ether oxygens (including phenoxy) is 2. The van der Waals surface area contributed by atoms with E-state index in [4.69, 9.17) is 9.47 Å². The standard InChI is InChI=1S/C20H30BrNO3/c1-4-24-20(23)13-22-10-8-17(9-11-22)12-15(2)14-25-19-7-5-6-18(21)16(19)3/h5-7,15,17H,4,8-14H2,1-3H3/t15-/m0/s1. The van der Waals surface area contributed by atoms with Crippen molar-refractivity contribution < 1.29 is 14.3 Å². The molecule has 5 heteroatoms. The highest BCUT2D eigenvalue weighted by Crippen LogP contribution is 2.28. The molecule has 0 aliphatic carbocycles. The van der Waals surface area contributed by atoms with Crippen molar-refractivity contribution in [3.05, 3.63) is 28.2 Å². The third kappa shape index (κ3) is 6.63. The zero-order valence-electron chi connectivity index (χ0n) is 15.6. The molecule has 25 heavy (non-hydrogen) atoms. The Labute approximate surface area is 160 Å². The van der Waals surface area contributed by atoms with Crippen molar-refractivity contribution in [2.24, 2.45) is 11.8 Å². The summed E-state index contributed by atoms with van der Waals surface area (Å²) in [7, 11) is 0. The van der Waals surface area contributed by atoms with Gasteiger partial charge in [-0.3, -0.25) is 9.69 Å². The van der Waals surface area contributed by atoms with E-state index in [9.17, 15) is 4.79 Å². The van der Waals surface area contributed by atoms with Gasteiger partial charge < -0.3 is 9.47 Å². The molecule has 0 radical (unpaired) electrons. The van der Waals surface area contributed by atoms with Crippen molar-refractivity contribution >= 4 is 21.9 Å². The predicted molar refractivity (Wildman–Crippen MR) is 104 cm³/mol. The van der Waals surface area contributed by atoms with Crippen LogP contribution in [0.15, 0.2) is 22.7 Å². The number of piperidine rings is 1. The van der Waals surface area contributed by atoms with E-state index in [1.165, 1.54) is 6.42 Å². The van der Waals surface area contributed by atoms with Crippen molar-refractivity contribution in [3.63, 3.8) is 0 Å². The van der Waals surface area contributed by atoms with Gasteiger partial charge in [0.1, 0.15) is 5.75 Å². The van der Waals surface area contributed by atoms with E-state index < -0.39 is 0 Å². The first-order chi connectivity index (χ1) is 12.0. The smallest absolute Gasteiger partial charge is 0.320 e. The molecule has 4 nitrogen and oxygen atoms in total. The summed E-state index contributed by atoms with van der Waals surface area (Å²) in [6, 6.07) is 6.08. The third-order valence-electron chi connectivity index (χ3n) is 4.84. The van der Waals surface area contributed by atoms with Gasteiger partial charge in [0.15, 0.2) is 0 Å². The zero-order valence-corrected chi connectivity index (χ0v) is 17.2. The second kappa shape index (κ2) is 10.2. The lowest BCUT2D eigenvalue weighted by Crippen LogP contribution is -2.38. The lowest BCUT2D eigenvalue weighted by atomic mass is 9.88. The van der Waals surface area contributed by atoms with Crippen LogP contribution in [0.5, 0.6) is 5.75 Å². The molecule has 1 aliphatic rings. The summed E-state index contributed by atoms with van der Waals surface area (Å²) in [6.45, 7) is 9.81. The maximum absolute atomic E-state index is 11.6. The minimum Gasteiger partial charge on any atom is -0.493 e. The van der Waals surface area contributed by atoms with Gasteiger partial charge in [-0.2, -0.15) is 0 Å². The Hall–Kier alpha value is -1.07. The van der Waals surface area contributed by atoms with Gasteiger partial charge in [-0.1, -0.05) is 28.9 Å². The minimum absolute atomic E-state index is 0.105. The van der Waals surface area contributed by atoms with Crippen LogP contribution < -0.4 is 4.74 Å². The fourth-order valence-electron chi connectivity index (χ4n) is 3.38. The van der Waals surface area contributed by atoms with Crippen LogP contribution in [-0.4, -0.2) is 43.7 Å². The quantitative estimate of drug-likeness (QED) is 0.592. The Morgan fingerprint density at radius 3 is 2.76 bits per heavy atom. The molecule has 140 valence electrons. The number of esters is 1. The fourth-order valence-corrected chi connectivity index (χ4v) is 3.73. The first kappa shape index (κ1) is 20.2. The molecule has 0 spiro atoms. The highest BCUT2D eigenvalue weighted by Gasteiger charge is 2.23. The van der Waals surface area contributed by atoms with Crippen LogP contribution in [0.3, 0.4) is 0 Å². The second-order valence-electron chi connectivity index (χ2n) is 7.04. The molecule has 2 rings (SSSR count). The monoisotopic (exact) mass is 411 g/mol. The lowest BCUT2D eigenvalue weighted by Gasteiger charge is -2.32. The molecule has 0 bridgehead atoms. The van der Waals surface area contributed by atoms with Gasteiger partial charge in [0.05, 0.1) is 19.8 Å². The zero-order chi connectivity index (χ0) is 18.2. The van der Waals surface area contributed by atoms with E-state index in [0.717, 1.165) is 54.2 Å². The molecule has 1 atom stereocenters. The van der Waals surface area contributed by atoms with Crippen molar-refractivity contribution in [3.8, 4) is 5.75 Å². The van der Waals surface area contributed by atoms with E-state index >= 15 is 0 Å². The van der Waals surface area contributed by atoms with E-state index in [0.29, 0.717) is 19.1 Å². The molecule has 1 aromatic rings. The fraction of sp³-hybridized carbons (Fsp3) is 0.650. The Bertz CT molecular complexity index is 556. The van der Waals surface area contributed by atoms with Crippen LogP contribution in [0, 0.1) is 18.8 Å². The van der Waals surface area contributed by atoms with Gasteiger partial charge >= 0.3 is 5.97 Å². The van der Waals surface area contributed by atoms with Crippen LogP contribution in [0.1, 0.15) is 38.7 Å². The predicted octanol–water partition coefficient (Wildman–Crippen LogP) is 4.44. The Kier molecular flexibility index (Phi) is 8.24. The van der Waals surface area contributed by atoms with Crippen LogP contribution in [0.2, 0.25) is 0 Å². The molecular weight excluding hydrogens is 382 g/mol. The Morgan fingerprint density at radius 2 is 2.08 bits per heavy atom. The summed E-state index contributed by atoms with van der Waals surface area (Å²) >= 11 is 3.55. The number of nitrogens with zero attached hydrogens (tertiary/aromatic N) is 1. The molecule has 1 saturated heterocycles. The lowest BCUT2D eigenvalue weighted by molar-refractivity contribution is -0.144. The average Bonchev–Trinajstić information content (AvgIpc) is 2.58. The molecule has 1 fully saturated rings. The Balaban J connectivity index is 1.69. The van der Waals surface area contributed by atoms with Gasteiger partial charge in [0, 0.05) is 10.0 Å². The van der Waals surface area contributed by atoms with E-state index in [-0.39, 0.29) is 5.97 Å². The summed E-state index contributed by atoms with van der Waals surface area (Å²) in [5.74, 6) is 2.11. The molecular formula is C20H30BrNO3. The highest BCUT2D eigenvalue weighted by molar-refractivity contribution is 9.10. The summed E-state index contributed by atoms with van der Waals surface area (Å²) in [4.78, 5) is 13.8. The van der Waals surface area contributed by atoms with Crippen LogP contribution in [0.25, 0.3) is 0 Å². The first-order valence-corrected chi connectivity index (χ1v) is 10.0. The largest absolute Gasteiger partial charge is 0.493 e. The van der Waals surface area contributed by atoms with Gasteiger partial charge in [-0.25, -0.2) is 0 Å². The van der Waals surface area contributed by atoms with E-state index in [2.05, 4.69) is 34.7 Å². The van der Waals surface area contributed by atoms with E-state index in [1.807, 2.05) is 25.1 Å². The molecule has 1 aromatic carbocycles. The maximum Gasteiger partial charge on any atom is 0.320 e. The molecule has 1 heterocycles. The van der Waals surface area contributed by atoms with Crippen LogP contribution in [-0.2, 0) is 9.53 Å². The van der Waals surface area contributed by atoms with Crippen molar-refractivity contribution in [2.45, 2.75) is 40.0 Å². The number of hydrogen-bond acceptors (Lipinski definition) is 4. The number of hydrogen-bond donors (Lipinski definition) is 0. The maximum atomic E-state index is 11.6. The number of carbonyl (C=O) groups excluding carboxylic acids is 1. The van der Waals surface area contributed by atoms with Crippen LogP contribution in [0.4, 0.5) is 0 Å². The summed E-state index contributed by atoms with van der Waals surface area (Å²) in [5.41, 5.74) is 1.15. The number of halogens is 1. The molecule has 0 aromatic heterocycles. The summed E-state index contributed by atoms with van der Waals surface area (Å²) in [5, 5.41) is 0. The number of rotatable bonds is 8. The number of carbonyl (C=O) groups is 1. The highest BCUT2D eigenvalue weighted by atomic mass is 79.9. The van der Waals surface area contributed by atoms with Crippen molar-refractivity contribution in [2.75, 3.05) is 32.8 Å². The van der Waals surface area contributed by atoms with Crippen LogP contribution >= 0.6 is 15.9 Å². The summed E-state index contributed by atoms with van der Waals surface area (Å²) < 4.78 is 12.1. The Morgan fingerprint density at radius 1 is 1.36 bits per heavy atom. The molecule has 0 saturated carbocycles. The minimum atomic E-state index is -0.105. The van der Waals surface area contributed by atoms with Gasteiger partial charge in [-0.05, 0) is 70.2 Å². The third-order valence-corrected chi connectivity index (χ3v) is 5.70. The normalized spacial score (nSPS) is 17.3. The second-order valence-corrected chi connectivity index (χ2v) is 7.89. The SMILES string of the molecule is CCOC(=O)CN1CCC(C[C@H](C)COc2cccc(Br)c2C)CC1. The van der Waals surface area contributed by atoms with Gasteiger partial charge in [-0.15, -0.1) is 0 Å². The van der Waals surface area contributed by atoms with Gasteiger partial charge in [0.2, 0.25) is 0 Å². The molecule has 0 amide bonds. The van der Waals surface area contributed by atoms with Gasteiger partial charge in [0.25, 0.3) is 0 Å². The van der Waals surface area contributed by atoms with Crippen molar-refractivity contribution in [1.29, 1.82) is 0 Å². The molecule has 1 aliphatic heterocycles. The van der Waals surface area contributed by atoms with Crippen molar-refractivity contribution in [1.82, 2.24) is 4.90 Å². The topological polar surface area (TPSA) is 38.8 Å². The molecule has 0 N–H and O–H groups in total. The average molecular weight is 412 g/mol. The number of likely N-dealkylation sites (tertiary alicyclic amines) is 1. The van der Waals surface area contributed by atoms with E-state index in [1.54, 1.807) is 0 Å². The first-order valence-electron chi connectivity index (χ1n) is 9.25. The summed E-state index contributed by atoms with van der Waals surface area (Å²) in [6.07, 6.45) is 3.49.